The molecule has 0 heterocycles. The predicted molar refractivity (Wildman–Crippen MR) is 58.8 cm³/mol. The summed E-state index contributed by atoms with van der Waals surface area (Å²) in [6, 6.07) is 0. The van der Waals surface area contributed by atoms with Crippen molar-refractivity contribution in [2.45, 2.75) is 60.3 Å². The van der Waals surface area contributed by atoms with E-state index in [-0.39, 0.29) is 0 Å². The van der Waals surface area contributed by atoms with Crippen molar-refractivity contribution in [1.82, 2.24) is 0 Å². The molecular weight excluding hydrogens is 160 g/mol. The Balaban J connectivity index is 3.77. The smallest absolute Gasteiger partial charge is 0.0431 e. The highest BCUT2D eigenvalue weighted by Crippen LogP contribution is 2.41. The number of hydrogen-bond acceptors (Lipinski definition) is 1. The van der Waals surface area contributed by atoms with Crippen molar-refractivity contribution >= 4 is 0 Å². The van der Waals surface area contributed by atoms with Crippen LogP contribution in [-0.2, 0) is 0 Å². The molecule has 0 aliphatic rings. The second-order valence-corrected chi connectivity index (χ2v) is 5.67. The summed E-state index contributed by atoms with van der Waals surface area (Å²) in [6.45, 7) is 11.9. The average molecular weight is 186 g/mol. The van der Waals surface area contributed by atoms with E-state index in [1.54, 1.807) is 0 Å². The van der Waals surface area contributed by atoms with Crippen molar-refractivity contribution < 1.29 is 5.11 Å². The van der Waals surface area contributed by atoms with Crippen LogP contribution in [0.2, 0.25) is 0 Å². The summed E-state index contributed by atoms with van der Waals surface area (Å²) < 4.78 is 0. The van der Waals surface area contributed by atoms with Gasteiger partial charge in [-0.05, 0) is 23.7 Å². The minimum atomic E-state index is 0.343. The minimum Gasteiger partial charge on any atom is -0.396 e. The Morgan fingerprint density at radius 3 is 1.77 bits per heavy atom. The van der Waals surface area contributed by atoms with Crippen LogP contribution in [0.3, 0.4) is 0 Å². The van der Waals surface area contributed by atoms with Crippen molar-refractivity contribution in [1.29, 1.82) is 0 Å². The van der Waals surface area contributed by atoms with Crippen LogP contribution in [0.4, 0.5) is 0 Å². The van der Waals surface area contributed by atoms with E-state index in [1.165, 1.54) is 12.8 Å². The van der Waals surface area contributed by atoms with E-state index in [1.807, 2.05) is 0 Å². The minimum absolute atomic E-state index is 0.343. The molecule has 0 aliphatic heterocycles. The molecule has 0 unspecified atom stereocenters. The molecule has 0 aromatic carbocycles. The fourth-order valence-electron chi connectivity index (χ4n) is 1.23. The first-order chi connectivity index (χ1) is 5.81. The molecule has 0 saturated heterocycles. The van der Waals surface area contributed by atoms with Crippen LogP contribution in [0.15, 0.2) is 0 Å². The fraction of sp³-hybridized carbons (Fsp3) is 1.00. The van der Waals surface area contributed by atoms with E-state index in [2.05, 4.69) is 34.6 Å². The maximum Gasteiger partial charge on any atom is 0.0431 e. The molecule has 13 heavy (non-hydrogen) atoms. The van der Waals surface area contributed by atoms with Gasteiger partial charge >= 0.3 is 0 Å². The highest BCUT2D eigenvalue weighted by Gasteiger charge is 2.31. The van der Waals surface area contributed by atoms with Crippen LogP contribution >= 0.6 is 0 Å². The zero-order valence-corrected chi connectivity index (χ0v) is 9.98. The van der Waals surface area contributed by atoms with Gasteiger partial charge in [0.1, 0.15) is 0 Å². The van der Waals surface area contributed by atoms with E-state index in [0.717, 1.165) is 12.8 Å². The summed E-state index contributed by atoms with van der Waals surface area (Å²) in [5.41, 5.74) is 0.786. The molecule has 0 amide bonds. The average Bonchev–Trinajstić information content (AvgIpc) is 1.96. The predicted octanol–water partition coefficient (Wildman–Crippen LogP) is 3.61. The van der Waals surface area contributed by atoms with E-state index >= 15 is 0 Å². The van der Waals surface area contributed by atoms with E-state index in [0.29, 0.717) is 17.4 Å². The lowest BCUT2D eigenvalue weighted by Gasteiger charge is -2.39. The quantitative estimate of drug-likeness (QED) is 0.650. The first kappa shape index (κ1) is 13.0. The molecule has 1 N–H and O–H groups in total. The lowest BCUT2D eigenvalue weighted by atomic mass is 9.67. The van der Waals surface area contributed by atoms with Crippen LogP contribution in [0.25, 0.3) is 0 Å². The van der Waals surface area contributed by atoms with Crippen molar-refractivity contribution in [3.05, 3.63) is 0 Å². The summed E-state index contributed by atoms with van der Waals surface area (Å²) >= 11 is 0. The Bertz CT molecular complexity index is 131. The SMILES string of the molecule is CC(C)(C)C(C)(C)CCCCCO. The summed E-state index contributed by atoms with van der Waals surface area (Å²) in [6.07, 6.45) is 4.62. The summed E-state index contributed by atoms with van der Waals surface area (Å²) in [4.78, 5) is 0. The Hall–Kier alpha value is -0.0400. The van der Waals surface area contributed by atoms with Gasteiger partial charge in [-0.3, -0.25) is 0 Å². The largest absolute Gasteiger partial charge is 0.396 e. The molecule has 0 saturated carbocycles. The molecule has 80 valence electrons. The van der Waals surface area contributed by atoms with Crippen LogP contribution in [0, 0.1) is 10.8 Å². The van der Waals surface area contributed by atoms with Crippen molar-refractivity contribution in [3.63, 3.8) is 0 Å². The lowest BCUT2D eigenvalue weighted by Crippen LogP contribution is -2.29. The first-order valence-electron chi connectivity index (χ1n) is 5.42. The highest BCUT2D eigenvalue weighted by atomic mass is 16.2. The molecular formula is C12H26O. The summed E-state index contributed by atoms with van der Waals surface area (Å²) in [7, 11) is 0. The fourth-order valence-corrected chi connectivity index (χ4v) is 1.23. The molecule has 0 radical (unpaired) electrons. The third kappa shape index (κ3) is 4.66. The maximum absolute atomic E-state index is 8.66. The molecule has 0 atom stereocenters. The normalized spacial score (nSPS) is 13.4. The van der Waals surface area contributed by atoms with Gasteiger partial charge in [-0.1, -0.05) is 47.5 Å². The number of aliphatic hydroxyl groups is 1. The van der Waals surface area contributed by atoms with Gasteiger partial charge in [0.05, 0.1) is 0 Å². The lowest BCUT2D eigenvalue weighted by molar-refractivity contribution is 0.115. The number of rotatable bonds is 5. The monoisotopic (exact) mass is 186 g/mol. The van der Waals surface area contributed by atoms with Gasteiger partial charge in [0.15, 0.2) is 0 Å². The van der Waals surface area contributed by atoms with Crippen LogP contribution in [0.5, 0.6) is 0 Å². The topological polar surface area (TPSA) is 20.2 Å². The number of hydrogen-bond donors (Lipinski definition) is 1. The second kappa shape index (κ2) is 4.99. The van der Waals surface area contributed by atoms with Gasteiger partial charge in [-0.15, -0.1) is 0 Å². The molecule has 0 rings (SSSR count). The molecule has 0 aromatic heterocycles. The molecule has 1 heteroatoms. The van der Waals surface area contributed by atoms with Gasteiger partial charge in [0.2, 0.25) is 0 Å². The van der Waals surface area contributed by atoms with Crippen molar-refractivity contribution in [2.24, 2.45) is 10.8 Å². The zero-order chi connectivity index (χ0) is 10.5. The first-order valence-corrected chi connectivity index (χ1v) is 5.42. The molecule has 0 aliphatic carbocycles. The van der Waals surface area contributed by atoms with Gasteiger partial charge in [-0.25, -0.2) is 0 Å². The van der Waals surface area contributed by atoms with Gasteiger partial charge in [0.25, 0.3) is 0 Å². The van der Waals surface area contributed by atoms with Crippen molar-refractivity contribution in [3.8, 4) is 0 Å². The van der Waals surface area contributed by atoms with Gasteiger partial charge in [-0.2, -0.15) is 0 Å². The van der Waals surface area contributed by atoms with Crippen LogP contribution in [-0.4, -0.2) is 11.7 Å². The van der Waals surface area contributed by atoms with Gasteiger partial charge < -0.3 is 5.11 Å². The Labute approximate surface area is 83.5 Å². The molecule has 0 fully saturated rings. The van der Waals surface area contributed by atoms with Crippen LogP contribution in [0.1, 0.15) is 60.3 Å². The number of unbranched alkanes of at least 4 members (excludes halogenated alkanes) is 2. The van der Waals surface area contributed by atoms with Gasteiger partial charge in [0, 0.05) is 6.61 Å². The summed E-state index contributed by atoms with van der Waals surface area (Å²) in [5.74, 6) is 0. The van der Waals surface area contributed by atoms with E-state index < -0.39 is 0 Å². The van der Waals surface area contributed by atoms with Crippen molar-refractivity contribution in [2.75, 3.05) is 6.61 Å². The highest BCUT2D eigenvalue weighted by molar-refractivity contribution is 4.81. The molecule has 1 nitrogen and oxygen atoms in total. The zero-order valence-electron chi connectivity index (χ0n) is 9.98. The van der Waals surface area contributed by atoms with Crippen LogP contribution < -0.4 is 0 Å². The number of aliphatic hydroxyl groups excluding tert-OH is 1. The molecule has 0 bridgehead atoms. The second-order valence-electron chi connectivity index (χ2n) is 5.67. The third-order valence-electron chi connectivity index (χ3n) is 3.49. The molecule has 0 aromatic rings. The van der Waals surface area contributed by atoms with E-state index in [9.17, 15) is 0 Å². The standard InChI is InChI=1S/C12H26O/c1-11(2,3)12(4,5)9-7-6-8-10-13/h13H,6-10H2,1-5H3. The van der Waals surface area contributed by atoms with E-state index in [4.69, 9.17) is 5.11 Å². The Morgan fingerprint density at radius 2 is 1.38 bits per heavy atom. The Morgan fingerprint density at radius 1 is 0.846 bits per heavy atom. The molecule has 0 spiro atoms. The Kier molecular flexibility index (Phi) is 4.98. The maximum atomic E-state index is 8.66. The summed E-state index contributed by atoms with van der Waals surface area (Å²) in [5, 5.41) is 8.66. The third-order valence-corrected chi connectivity index (χ3v) is 3.49.